The number of hydrogen-bond donors (Lipinski definition) is 5. The molecule has 0 unspecified atom stereocenters. The molecule has 36 heavy (non-hydrogen) atoms. The minimum atomic E-state index is 0.865. The summed E-state index contributed by atoms with van der Waals surface area (Å²) >= 11 is 0. The van der Waals surface area contributed by atoms with Gasteiger partial charge in [0.25, 0.3) is 0 Å². The van der Waals surface area contributed by atoms with Crippen LogP contribution >= 0.6 is 0 Å². The van der Waals surface area contributed by atoms with Crippen molar-refractivity contribution in [2.45, 2.75) is 85.7 Å². The lowest BCUT2D eigenvalue weighted by molar-refractivity contribution is -0.446. The number of guanidine groups is 1. The van der Waals surface area contributed by atoms with Gasteiger partial charge in [-0.25, -0.2) is 0 Å². The quantitative estimate of drug-likeness (QED) is 0.319. The summed E-state index contributed by atoms with van der Waals surface area (Å²) in [7, 11) is 0. The number of nitrogens with one attached hydrogen (secondary N) is 5. The Bertz CT molecular complexity index is 1040. The van der Waals surface area contributed by atoms with E-state index in [4.69, 9.17) is 0 Å². The normalized spacial score (nSPS) is 14.8. The Morgan fingerprint density at radius 3 is 2.08 bits per heavy atom. The first-order valence-electron chi connectivity index (χ1n) is 14.1. The van der Waals surface area contributed by atoms with Crippen LogP contribution in [0.2, 0.25) is 0 Å². The van der Waals surface area contributed by atoms with Crippen molar-refractivity contribution in [3.8, 4) is 0 Å². The minimum absolute atomic E-state index is 0.865. The van der Waals surface area contributed by atoms with Crippen molar-refractivity contribution in [1.29, 1.82) is 0 Å². The first-order chi connectivity index (χ1) is 17.7. The van der Waals surface area contributed by atoms with E-state index in [1.807, 2.05) is 0 Å². The van der Waals surface area contributed by atoms with Crippen molar-refractivity contribution in [1.82, 2.24) is 21.3 Å². The standard InChI is InChI=1S/C31H45N5/c1-5-24-27(15-10-14-23-13-9-8-12-22(23)4)25(6-2)29(21-36-31-33-18-19-34-31)26(7-3)28(24)20-35-30-16-11-17-32-30/h8-9,12-13,16,32,35H,5-7,10-11,14-15,17-21H2,1-4H3,(H2,33,34,36)/p+1. The molecule has 0 bridgehead atoms. The summed E-state index contributed by atoms with van der Waals surface area (Å²) in [6.07, 6.45) is 10.1. The topological polar surface area (TPSA) is 62.1 Å². The van der Waals surface area contributed by atoms with E-state index >= 15 is 0 Å². The van der Waals surface area contributed by atoms with Gasteiger partial charge < -0.3 is 10.6 Å². The summed E-state index contributed by atoms with van der Waals surface area (Å²) in [5, 5.41) is 14.3. The van der Waals surface area contributed by atoms with E-state index in [9.17, 15) is 0 Å². The highest BCUT2D eigenvalue weighted by atomic mass is 15.2. The monoisotopic (exact) mass is 488 g/mol. The predicted octanol–water partition coefficient (Wildman–Crippen LogP) is 2.91. The molecule has 2 aromatic rings. The highest BCUT2D eigenvalue weighted by molar-refractivity contribution is 5.74. The lowest BCUT2D eigenvalue weighted by Gasteiger charge is -2.26. The SMILES string of the molecule is CCc1c(CCCc2ccccc2C)c(CC)c(CNC2=[NH+]CCN2)c(CC)c1CNC1=CCCN1. The van der Waals surface area contributed by atoms with Crippen molar-refractivity contribution in [2.75, 3.05) is 19.6 Å². The largest absolute Gasteiger partial charge is 0.372 e. The van der Waals surface area contributed by atoms with Crippen LogP contribution in [0.3, 0.4) is 0 Å². The van der Waals surface area contributed by atoms with E-state index in [2.05, 4.69) is 84.3 Å². The number of aryl methyl sites for hydroxylation is 2. The first-order valence-corrected chi connectivity index (χ1v) is 14.1. The molecule has 2 aromatic carbocycles. The third-order valence-electron chi connectivity index (χ3n) is 7.81. The zero-order valence-corrected chi connectivity index (χ0v) is 22.9. The molecule has 0 spiro atoms. The van der Waals surface area contributed by atoms with Crippen LogP contribution < -0.4 is 26.3 Å². The highest BCUT2D eigenvalue weighted by Gasteiger charge is 2.23. The maximum Gasteiger partial charge on any atom is 0.343 e. The highest BCUT2D eigenvalue weighted by Crippen LogP contribution is 2.32. The third-order valence-corrected chi connectivity index (χ3v) is 7.81. The van der Waals surface area contributed by atoms with Crippen LogP contribution in [0.25, 0.3) is 0 Å². The Kier molecular flexibility index (Phi) is 9.32. The van der Waals surface area contributed by atoms with Gasteiger partial charge in [0.15, 0.2) is 0 Å². The van der Waals surface area contributed by atoms with Gasteiger partial charge in [-0.2, -0.15) is 0 Å². The minimum Gasteiger partial charge on any atom is -0.372 e. The zero-order chi connectivity index (χ0) is 25.3. The summed E-state index contributed by atoms with van der Waals surface area (Å²) in [6.45, 7) is 14.0. The van der Waals surface area contributed by atoms with Crippen molar-refractivity contribution < 1.29 is 4.99 Å². The van der Waals surface area contributed by atoms with E-state index in [0.29, 0.717) is 0 Å². The fourth-order valence-electron chi connectivity index (χ4n) is 6.00. The fraction of sp³-hybridized carbons (Fsp3) is 0.516. The maximum absolute atomic E-state index is 3.73. The Morgan fingerprint density at radius 2 is 1.47 bits per heavy atom. The van der Waals surface area contributed by atoms with Gasteiger partial charge in [-0.15, -0.1) is 0 Å². The Balaban J connectivity index is 1.69. The number of benzene rings is 2. The lowest BCUT2D eigenvalue weighted by atomic mass is 9.81. The van der Waals surface area contributed by atoms with Crippen molar-refractivity contribution in [3.05, 3.63) is 80.7 Å². The molecule has 5 N–H and O–H groups in total. The Labute approximate surface area is 218 Å². The van der Waals surface area contributed by atoms with Crippen molar-refractivity contribution in [3.63, 3.8) is 0 Å². The van der Waals surface area contributed by atoms with Crippen LogP contribution in [0.5, 0.6) is 0 Å². The van der Waals surface area contributed by atoms with Gasteiger partial charge in [0.1, 0.15) is 0 Å². The first kappa shape index (κ1) is 26.1. The van der Waals surface area contributed by atoms with Gasteiger partial charge >= 0.3 is 5.96 Å². The van der Waals surface area contributed by atoms with Crippen LogP contribution in [0.1, 0.15) is 78.1 Å². The maximum atomic E-state index is 3.73. The zero-order valence-electron chi connectivity index (χ0n) is 22.9. The molecule has 2 aliphatic heterocycles. The van der Waals surface area contributed by atoms with Crippen LogP contribution in [0.4, 0.5) is 0 Å². The predicted molar refractivity (Wildman–Crippen MR) is 151 cm³/mol. The molecule has 0 saturated carbocycles. The van der Waals surface area contributed by atoms with Gasteiger partial charge in [-0.05, 0) is 102 Å². The van der Waals surface area contributed by atoms with Crippen LogP contribution in [0, 0.1) is 6.92 Å². The molecule has 5 nitrogen and oxygen atoms in total. The fourth-order valence-corrected chi connectivity index (χ4v) is 6.00. The molecule has 5 heteroatoms. The molecule has 2 aliphatic rings. The van der Waals surface area contributed by atoms with Gasteiger partial charge in [0.05, 0.1) is 25.5 Å². The molecular weight excluding hydrogens is 442 g/mol. The Morgan fingerprint density at radius 1 is 0.778 bits per heavy atom. The smallest absolute Gasteiger partial charge is 0.343 e. The molecule has 0 atom stereocenters. The molecule has 2 heterocycles. The molecule has 0 fully saturated rings. The molecule has 0 aliphatic carbocycles. The van der Waals surface area contributed by atoms with E-state index in [1.54, 1.807) is 16.7 Å². The second-order valence-corrected chi connectivity index (χ2v) is 9.98. The summed E-state index contributed by atoms with van der Waals surface area (Å²) in [4.78, 5) is 3.44. The van der Waals surface area contributed by atoms with Crippen molar-refractivity contribution >= 4 is 5.96 Å². The molecule has 0 saturated heterocycles. The molecule has 194 valence electrons. The third kappa shape index (κ3) is 6.05. The van der Waals surface area contributed by atoms with Crippen LogP contribution in [-0.4, -0.2) is 25.6 Å². The summed E-state index contributed by atoms with van der Waals surface area (Å²) in [5.41, 5.74) is 12.2. The Hall–Kier alpha value is -2.95. The van der Waals surface area contributed by atoms with E-state index < -0.39 is 0 Å². The van der Waals surface area contributed by atoms with Gasteiger partial charge in [0, 0.05) is 13.1 Å². The van der Waals surface area contributed by atoms with Crippen LogP contribution in [0.15, 0.2) is 36.2 Å². The van der Waals surface area contributed by atoms with E-state index in [-0.39, 0.29) is 0 Å². The van der Waals surface area contributed by atoms with Crippen LogP contribution in [-0.2, 0) is 45.2 Å². The number of rotatable bonds is 12. The van der Waals surface area contributed by atoms with Crippen molar-refractivity contribution in [2.24, 2.45) is 0 Å². The summed E-state index contributed by atoms with van der Waals surface area (Å²) in [5.74, 6) is 2.26. The molecule has 0 radical (unpaired) electrons. The molecule has 0 aromatic heterocycles. The second-order valence-electron chi connectivity index (χ2n) is 9.98. The lowest BCUT2D eigenvalue weighted by Crippen LogP contribution is -2.73. The van der Waals surface area contributed by atoms with Gasteiger partial charge in [-0.1, -0.05) is 45.0 Å². The second kappa shape index (κ2) is 12.8. The van der Waals surface area contributed by atoms with E-state index in [1.165, 1.54) is 40.1 Å². The van der Waals surface area contributed by atoms with Gasteiger partial charge in [-0.3, -0.25) is 15.6 Å². The van der Waals surface area contributed by atoms with Gasteiger partial charge in [0.2, 0.25) is 0 Å². The average Bonchev–Trinajstić information content (AvgIpc) is 3.61. The average molecular weight is 489 g/mol. The summed E-state index contributed by atoms with van der Waals surface area (Å²) < 4.78 is 0. The molecule has 0 amide bonds. The van der Waals surface area contributed by atoms with E-state index in [0.717, 1.165) is 77.2 Å². The summed E-state index contributed by atoms with van der Waals surface area (Å²) in [6, 6.07) is 8.85. The number of hydrogen-bond acceptors (Lipinski definition) is 4. The molecular formula is C31H46N5+. The molecule has 4 rings (SSSR count).